The van der Waals surface area contributed by atoms with Crippen LogP contribution in [-0.2, 0) is 17.8 Å². The van der Waals surface area contributed by atoms with Gasteiger partial charge in [0.15, 0.2) is 5.13 Å². The van der Waals surface area contributed by atoms with Gasteiger partial charge in [0.1, 0.15) is 5.82 Å². The van der Waals surface area contributed by atoms with Gasteiger partial charge < -0.3 is 5.32 Å². The number of thiazole rings is 1. The van der Waals surface area contributed by atoms with E-state index in [-0.39, 0.29) is 5.91 Å². The smallest absolute Gasteiger partial charge is 0.223 e. The van der Waals surface area contributed by atoms with Crippen molar-refractivity contribution < 1.29 is 4.79 Å². The van der Waals surface area contributed by atoms with Crippen LogP contribution in [0.4, 0.5) is 5.13 Å². The Bertz CT molecular complexity index is 669. The highest BCUT2D eigenvalue weighted by Gasteiger charge is 2.24. The first-order valence-corrected chi connectivity index (χ1v) is 8.62. The number of hydrogen-bond donors (Lipinski definition) is 1. The predicted molar refractivity (Wildman–Crippen MR) is 90.3 cm³/mol. The summed E-state index contributed by atoms with van der Waals surface area (Å²) in [6.45, 7) is 6.54. The summed E-state index contributed by atoms with van der Waals surface area (Å²) < 4.78 is 0. The van der Waals surface area contributed by atoms with E-state index >= 15 is 0 Å². The zero-order chi connectivity index (χ0) is 16.2. The van der Waals surface area contributed by atoms with E-state index in [9.17, 15) is 4.79 Å². The van der Waals surface area contributed by atoms with Crippen molar-refractivity contribution in [3.8, 4) is 0 Å². The van der Waals surface area contributed by atoms with Gasteiger partial charge in [0, 0.05) is 49.9 Å². The largest absolute Gasteiger partial charge is 0.302 e. The van der Waals surface area contributed by atoms with Crippen molar-refractivity contribution in [2.45, 2.75) is 33.2 Å². The lowest BCUT2D eigenvalue weighted by molar-refractivity contribution is -0.114. The van der Waals surface area contributed by atoms with Crippen LogP contribution in [0.5, 0.6) is 0 Å². The fourth-order valence-electron chi connectivity index (χ4n) is 2.82. The molecule has 0 spiro atoms. The summed E-state index contributed by atoms with van der Waals surface area (Å²) in [5, 5.41) is 3.41. The fourth-order valence-corrected chi connectivity index (χ4v) is 3.72. The molecule has 23 heavy (non-hydrogen) atoms. The second-order valence-electron chi connectivity index (χ2n) is 6.08. The van der Waals surface area contributed by atoms with Crippen LogP contribution in [0, 0.1) is 12.8 Å². The molecule has 6 nitrogen and oxygen atoms in total. The highest BCUT2D eigenvalue weighted by molar-refractivity contribution is 7.15. The fraction of sp³-hybridized carbons (Fsp3) is 0.500. The molecule has 0 bridgehead atoms. The molecule has 0 aliphatic carbocycles. The van der Waals surface area contributed by atoms with Gasteiger partial charge in [-0.3, -0.25) is 9.69 Å². The molecule has 7 heteroatoms. The van der Waals surface area contributed by atoms with Gasteiger partial charge in [-0.05, 0) is 31.4 Å². The molecular weight excluding hydrogens is 310 g/mol. The van der Waals surface area contributed by atoms with Crippen LogP contribution in [0.25, 0.3) is 0 Å². The topological polar surface area (TPSA) is 71.0 Å². The SMILES string of the molecule is CC(=O)Nc1ncc(CN2CCC(Cc3ncc(C)cn3)C2)s1. The molecule has 0 aromatic carbocycles. The minimum absolute atomic E-state index is 0.0785. The molecule has 1 fully saturated rings. The highest BCUT2D eigenvalue weighted by Crippen LogP contribution is 2.24. The molecular formula is C16H21N5OS. The Kier molecular flexibility index (Phi) is 4.97. The molecule has 1 amide bonds. The van der Waals surface area contributed by atoms with Gasteiger partial charge in [-0.25, -0.2) is 15.0 Å². The summed E-state index contributed by atoms with van der Waals surface area (Å²) in [6, 6.07) is 0. The average molecular weight is 331 g/mol. The average Bonchev–Trinajstić information content (AvgIpc) is 3.11. The Hall–Kier alpha value is -1.86. The summed E-state index contributed by atoms with van der Waals surface area (Å²) in [5.41, 5.74) is 1.10. The van der Waals surface area contributed by atoms with E-state index in [1.165, 1.54) is 18.2 Å². The second kappa shape index (κ2) is 7.14. The van der Waals surface area contributed by atoms with Crippen LogP contribution >= 0.6 is 11.3 Å². The summed E-state index contributed by atoms with van der Waals surface area (Å²) in [5.74, 6) is 1.47. The van der Waals surface area contributed by atoms with Crippen molar-refractivity contribution in [1.82, 2.24) is 19.9 Å². The molecule has 1 N–H and O–H groups in total. The number of amides is 1. The minimum atomic E-state index is -0.0785. The summed E-state index contributed by atoms with van der Waals surface area (Å²) in [6.07, 6.45) is 7.74. The lowest BCUT2D eigenvalue weighted by Gasteiger charge is -2.14. The summed E-state index contributed by atoms with van der Waals surface area (Å²) in [4.78, 5) is 27.7. The van der Waals surface area contributed by atoms with Crippen molar-refractivity contribution in [2.24, 2.45) is 5.92 Å². The van der Waals surface area contributed by atoms with Gasteiger partial charge >= 0.3 is 0 Å². The molecule has 1 aliphatic heterocycles. The lowest BCUT2D eigenvalue weighted by atomic mass is 10.0. The van der Waals surface area contributed by atoms with Crippen LogP contribution in [0.3, 0.4) is 0 Å². The van der Waals surface area contributed by atoms with Crippen LogP contribution < -0.4 is 5.32 Å². The zero-order valence-electron chi connectivity index (χ0n) is 13.5. The van der Waals surface area contributed by atoms with Crippen molar-refractivity contribution in [1.29, 1.82) is 0 Å². The number of carbonyl (C=O) groups excluding carboxylic acids is 1. The third-order valence-electron chi connectivity index (χ3n) is 3.89. The number of nitrogens with zero attached hydrogens (tertiary/aromatic N) is 4. The van der Waals surface area contributed by atoms with E-state index in [2.05, 4.69) is 25.2 Å². The first-order chi connectivity index (χ1) is 11.1. The number of aryl methyl sites for hydroxylation is 1. The number of likely N-dealkylation sites (tertiary alicyclic amines) is 1. The third kappa shape index (κ3) is 4.56. The van der Waals surface area contributed by atoms with Gasteiger partial charge in [0.2, 0.25) is 5.91 Å². The zero-order valence-corrected chi connectivity index (χ0v) is 14.3. The Balaban J connectivity index is 1.50. The van der Waals surface area contributed by atoms with E-state index in [1.807, 2.05) is 25.5 Å². The monoisotopic (exact) mass is 331 g/mol. The summed E-state index contributed by atoms with van der Waals surface area (Å²) >= 11 is 1.55. The van der Waals surface area contributed by atoms with E-state index in [1.54, 1.807) is 11.3 Å². The number of anilines is 1. The molecule has 1 aliphatic rings. The first kappa shape index (κ1) is 16.0. The molecule has 3 rings (SSSR count). The van der Waals surface area contributed by atoms with Gasteiger partial charge in [0.25, 0.3) is 0 Å². The quantitative estimate of drug-likeness (QED) is 0.910. The standard InChI is InChI=1S/C16H21N5OS/c1-11-6-17-15(18-7-11)5-13-3-4-21(9-13)10-14-8-19-16(23-14)20-12(2)22/h6-8,13H,3-5,9-10H2,1-2H3,(H,19,20,22). The van der Waals surface area contributed by atoms with Gasteiger partial charge in [-0.2, -0.15) is 0 Å². The maximum Gasteiger partial charge on any atom is 0.223 e. The third-order valence-corrected chi connectivity index (χ3v) is 4.79. The Morgan fingerprint density at radius 2 is 2.13 bits per heavy atom. The predicted octanol–water partition coefficient (Wildman–Crippen LogP) is 2.26. The van der Waals surface area contributed by atoms with E-state index in [0.717, 1.165) is 37.4 Å². The molecule has 3 heterocycles. The molecule has 2 aromatic rings. The Morgan fingerprint density at radius 3 is 2.87 bits per heavy atom. The summed E-state index contributed by atoms with van der Waals surface area (Å²) in [7, 11) is 0. The molecule has 0 saturated carbocycles. The molecule has 0 radical (unpaired) electrons. The van der Waals surface area contributed by atoms with Crippen LogP contribution in [-0.4, -0.2) is 38.8 Å². The van der Waals surface area contributed by atoms with Gasteiger partial charge in [0.05, 0.1) is 0 Å². The number of nitrogens with one attached hydrogen (secondary N) is 1. The van der Waals surface area contributed by atoms with E-state index in [4.69, 9.17) is 0 Å². The normalized spacial score (nSPS) is 18.3. The maximum absolute atomic E-state index is 11.0. The van der Waals surface area contributed by atoms with Gasteiger partial charge in [-0.15, -0.1) is 11.3 Å². The molecule has 1 saturated heterocycles. The maximum atomic E-state index is 11.0. The Labute approximate surface area is 140 Å². The van der Waals surface area contributed by atoms with Crippen LogP contribution in [0.2, 0.25) is 0 Å². The van der Waals surface area contributed by atoms with Crippen LogP contribution in [0.1, 0.15) is 29.6 Å². The van der Waals surface area contributed by atoms with E-state index in [0.29, 0.717) is 11.0 Å². The molecule has 122 valence electrons. The number of aromatic nitrogens is 3. The second-order valence-corrected chi connectivity index (χ2v) is 7.20. The number of rotatable bonds is 5. The first-order valence-electron chi connectivity index (χ1n) is 7.80. The highest BCUT2D eigenvalue weighted by atomic mass is 32.1. The lowest BCUT2D eigenvalue weighted by Crippen LogP contribution is -2.20. The Morgan fingerprint density at radius 1 is 1.35 bits per heavy atom. The minimum Gasteiger partial charge on any atom is -0.302 e. The molecule has 2 aromatic heterocycles. The molecule has 1 unspecified atom stereocenters. The van der Waals surface area contributed by atoms with Crippen molar-refractivity contribution >= 4 is 22.4 Å². The van der Waals surface area contributed by atoms with Crippen molar-refractivity contribution in [2.75, 3.05) is 18.4 Å². The van der Waals surface area contributed by atoms with Crippen molar-refractivity contribution in [3.63, 3.8) is 0 Å². The molecule has 1 atom stereocenters. The van der Waals surface area contributed by atoms with Crippen LogP contribution in [0.15, 0.2) is 18.6 Å². The van der Waals surface area contributed by atoms with Crippen molar-refractivity contribution in [3.05, 3.63) is 34.9 Å². The van der Waals surface area contributed by atoms with E-state index < -0.39 is 0 Å². The number of hydrogen-bond acceptors (Lipinski definition) is 6. The van der Waals surface area contributed by atoms with Gasteiger partial charge in [-0.1, -0.05) is 0 Å². The number of carbonyl (C=O) groups is 1.